The number of furan rings is 1. The second-order valence-corrected chi connectivity index (χ2v) is 13.7. The van der Waals surface area contributed by atoms with Crippen molar-refractivity contribution >= 4 is 43.8 Å². The third kappa shape index (κ3) is 5.41. The van der Waals surface area contributed by atoms with Gasteiger partial charge < -0.3 is 8.83 Å². The normalized spacial score (nSPS) is 11.6. The molecule has 11 rings (SSSR count). The molecule has 4 aromatic heterocycles. The zero-order chi connectivity index (χ0) is 37.0. The van der Waals surface area contributed by atoms with E-state index >= 15 is 0 Å². The van der Waals surface area contributed by atoms with Crippen LogP contribution in [0, 0.1) is 0 Å². The summed E-state index contributed by atoms with van der Waals surface area (Å²) in [7, 11) is 0. The van der Waals surface area contributed by atoms with Gasteiger partial charge in [-0.3, -0.25) is 4.98 Å². The highest BCUT2D eigenvalue weighted by molar-refractivity contribution is 6.18. The molecule has 7 aromatic carbocycles. The second kappa shape index (κ2) is 13.0. The van der Waals surface area contributed by atoms with Crippen molar-refractivity contribution < 1.29 is 8.83 Å². The van der Waals surface area contributed by atoms with Gasteiger partial charge in [0.05, 0.1) is 5.39 Å². The number of oxazole rings is 1. The summed E-state index contributed by atoms with van der Waals surface area (Å²) in [5.41, 5.74) is 11.2. The predicted molar refractivity (Wildman–Crippen MR) is 223 cm³/mol. The first-order valence-electron chi connectivity index (χ1n) is 18.4. The molecule has 0 amide bonds. The van der Waals surface area contributed by atoms with Gasteiger partial charge in [-0.2, -0.15) is 0 Å². The van der Waals surface area contributed by atoms with Crippen LogP contribution in [0.2, 0.25) is 0 Å². The van der Waals surface area contributed by atoms with Gasteiger partial charge in [-0.15, -0.1) is 0 Å². The van der Waals surface area contributed by atoms with E-state index in [2.05, 4.69) is 83.8 Å². The molecule has 0 aliphatic carbocycles. The Morgan fingerprint density at radius 2 is 0.857 bits per heavy atom. The van der Waals surface area contributed by atoms with Crippen LogP contribution in [0.3, 0.4) is 0 Å². The van der Waals surface area contributed by atoms with Crippen molar-refractivity contribution in [1.29, 1.82) is 0 Å². The highest BCUT2D eigenvalue weighted by Crippen LogP contribution is 2.41. The van der Waals surface area contributed by atoms with Gasteiger partial charge in [0.1, 0.15) is 16.7 Å². The van der Waals surface area contributed by atoms with Gasteiger partial charge >= 0.3 is 0 Å². The van der Waals surface area contributed by atoms with Gasteiger partial charge in [0.15, 0.2) is 23.1 Å². The predicted octanol–water partition coefficient (Wildman–Crippen LogP) is 12.5. The van der Waals surface area contributed by atoms with Crippen molar-refractivity contribution in [3.8, 4) is 67.9 Å². The van der Waals surface area contributed by atoms with E-state index in [0.29, 0.717) is 28.9 Å². The third-order valence-corrected chi connectivity index (χ3v) is 10.3. The van der Waals surface area contributed by atoms with Crippen molar-refractivity contribution in [1.82, 2.24) is 24.9 Å². The summed E-state index contributed by atoms with van der Waals surface area (Å²) in [6.45, 7) is 0. The van der Waals surface area contributed by atoms with Crippen LogP contribution in [0.25, 0.3) is 112 Å². The summed E-state index contributed by atoms with van der Waals surface area (Å²) in [5, 5.41) is 4.25. The van der Waals surface area contributed by atoms with Crippen LogP contribution in [0.5, 0.6) is 0 Å². The van der Waals surface area contributed by atoms with Gasteiger partial charge in [0.2, 0.25) is 5.89 Å². The van der Waals surface area contributed by atoms with Crippen LogP contribution in [-0.2, 0) is 0 Å². The number of hydrogen-bond donors (Lipinski definition) is 0. The molecule has 7 heteroatoms. The Morgan fingerprint density at radius 1 is 0.339 bits per heavy atom. The van der Waals surface area contributed by atoms with Crippen LogP contribution >= 0.6 is 0 Å². The van der Waals surface area contributed by atoms with Gasteiger partial charge in [-0.1, -0.05) is 127 Å². The van der Waals surface area contributed by atoms with Crippen molar-refractivity contribution in [2.75, 3.05) is 0 Å². The molecule has 0 unspecified atom stereocenters. The average molecular weight is 720 g/mol. The molecule has 4 heterocycles. The van der Waals surface area contributed by atoms with Crippen LogP contribution in [-0.4, -0.2) is 24.9 Å². The molecule has 56 heavy (non-hydrogen) atoms. The third-order valence-electron chi connectivity index (χ3n) is 10.3. The lowest BCUT2D eigenvalue weighted by atomic mass is 9.91. The van der Waals surface area contributed by atoms with E-state index < -0.39 is 0 Å². The van der Waals surface area contributed by atoms with E-state index in [1.54, 1.807) is 12.4 Å². The Morgan fingerprint density at radius 3 is 1.50 bits per heavy atom. The lowest BCUT2D eigenvalue weighted by Crippen LogP contribution is -2.00. The Balaban J connectivity index is 0.986. The number of hydrogen-bond acceptors (Lipinski definition) is 7. The van der Waals surface area contributed by atoms with E-state index in [1.165, 1.54) is 0 Å². The molecule has 0 radical (unpaired) electrons. The summed E-state index contributed by atoms with van der Waals surface area (Å²) in [5.74, 6) is 2.46. The molecule has 0 N–H and O–H groups in total. The number of pyridine rings is 1. The molecule has 0 saturated carbocycles. The summed E-state index contributed by atoms with van der Waals surface area (Å²) in [4.78, 5) is 23.8. The number of aromatic nitrogens is 5. The van der Waals surface area contributed by atoms with Crippen LogP contribution in [0.15, 0.2) is 185 Å². The Labute approximate surface area is 320 Å². The topological polar surface area (TPSA) is 90.7 Å². The standard InChI is InChI=1S/C49H29N5O2/c1-3-9-31(10-4-1)46-52-47(32-11-5-2-6-12-32)54-48(53-46)33-17-15-30(16-18-33)36-20-21-37(39-14-8-7-13-38(36)39)35-19-22-41-40(29-35)44-42(55-41)23-24-43-45(44)51-49(56-43)34-25-27-50-28-26-34/h1-29H. The number of benzene rings is 7. The Hall–Kier alpha value is -7.77. The molecule has 0 aliphatic rings. The maximum absolute atomic E-state index is 6.33. The first kappa shape index (κ1) is 31.7. The molecule has 262 valence electrons. The largest absolute Gasteiger partial charge is 0.456 e. The van der Waals surface area contributed by atoms with Gasteiger partial charge in [0.25, 0.3) is 0 Å². The molecule has 11 aromatic rings. The fourth-order valence-corrected chi connectivity index (χ4v) is 7.58. The molecule has 0 fully saturated rings. The average Bonchev–Trinajstić information content (AvgIpc) is 3.88. The minimum atomic E-state index is 0.553. The highest BCUT2D eigenvalue weighted by atomic mass is 16.4. The van der Waals surface area contributed by atoms with E-state index in [9.17, 15) is 0 Å². The smallest absolute Gasteiger partial charge is 0.227 e. The van der Waals surface area contributed by atoms with Crippen LogP contribution in [0.1, 0.15) is 0 Å². The molecule has 7 nitrogen and oxygen atoms in total. The SMILES string of the molecule is c1ccc(-c2nc(-c3ccccc3)nc(-c3ccc(-c4ccc(-c5ccc6oc7ccc8oc(-c9ccncc9)nc8c7c6c5)c5ccccc45)cc3)n2)cc1. The summed E-state index contributed by atoms with van der Waals surface area (Å²) >= 11 is 0. The van der Waals surface area contributed by atoms with Crippen LogP contribution in [0.4, 0.5) is 0 Å². The summed E-state index contributed by atoms with van der Waals surface area (Å²) < 4.78 is 12.5. The number of nitrogens with zero attached hydrogens (tertiary/aromatic N) is 5. The fraction of sp³-hybridized carbons (Fsp3) is 0. The molecule has 0 bridgehead atoms. The van der Waals surface area contributed by atoms with E-state index in [0.717, 1.165) is 82.7 Å². The van der Waals surface area contributed by atoms with E-state index in [1.807, 2.05) is 84.9 Å². The maximum Gasteiger partial charge on any atom is 0.227 e. The summed E-state index contributed by atoms with van der Waals surface area (Å²) in [6.07, 6.45) is 3.48. The van der Waals surface area contributed by atoms with Crippen molar-refractivity contribution in [3.63, 3.8) is 0 Å². The lowest BCUT2D eigenvalue weighted by Gasteiger charge is -2.13. The molecule has 0 spiro atoms. The van der Waals surface area contributed by atoms with Crippen molar-refractivity contribution in [3.05, 3.63) is 176 Å². The molecular weight excluding hydrogens is 691 g/mol. The Bertz CT molecular complexity index is 3170. The monoisotopic (exact) mass is 719 g/mol. The quantitative estimate of drug-likeness (QED) is 0.169. The second-order valence-electron chi connectivity index (χ2n) is 13.7. The number of fused-ring (bicyclic) bond motifs is 6. The first-order valence-corrected chi connectivity index (χ1v) is 18.4. The molecule has 0 aliphatic heterocycles. The molecular formula is C49H29N5O2. The van der Waals surface area contributed by atoms with E-state index in [-0.39, 0.29) is 0 Å². The first-order chi connectivity index (χ1) is 27.7. The summed E-state index contributed by atoms with van der Waals surface area (Å²) in [6, 6.07) is 55.6. The van der Waals surface area contributed by atoms with E-state index in [4.69, 9.17) is 28.8 Å². The zero-order valence-corrected chi connectivity index (χ0v) is 29.8. The lowest BCUT2D eigenvalue weighted by molar-refractivity contribution is 0.619. The minimum absolute atomic E-state index is 0.553. The molecule has 0 saturated heterocycles. The van der Waals surface area contributed by atoms with Crippen molar-refractivity contribution in [2.24, 2.45) is 0 Å². The van der Waals surface area contributed by atoms with Gasteiger partial charge in [-0.05, 0) is 69.4 Å². The van der Waals surface area contributed by atoms with Crippen molar-refractivity contribution in [2.45, 2.75) is 0 Å². The van der Waals surface area contributed by atoms with Gasteiger partial charge in [-0.25, -0.2) is 19.9 Å². The molecule has 0 atom stereocenters. The highest BCUT2D eigenvalue weighted by Gasteiger charge is 2.19. The fourth-order valence-electron chi connectivity index (χ4n) is 7.58. The van der Waals surface area contributed by atoms with Gasteiger partial charge in [0, 0.05) is 40.0 Å². The van der Waals surface area contributed by atoms with Crippen LogP contribution < -0.4 is 0 Å². The Kier molecular flexibility index (Phi) is 7.35. The number of rotatable bonds is 6. The zero-order valence-electron chi connectivity index (χ0n) is 29.8. The minimum Gasteiger partial charge on any atom is -0.456 e. The maximum atomic E-state index is 6.33.